The van der Waals surface area contributed by atoms with Crippen LogP contribution >= 0.6 is 11.6 Å². The van der Waals surface area contributed by atoms with Crippen LogP contribution in [0.3, 0.4) is 0 Å². The van der Waals surface area contributed by atoms with Crippen molar-refractivity contribution in [1.29, 1.82) is 0 Å². The molecule has 2 aliphatic heterocycles. The number of aromatic nitrogens is 2. The van der Waals surface area contributed by atoms with Crippen molar-refractivity contribution >= 4 is 35.1 Å². The first-order chi connectivity index (χ1) is 15.0. The lowest BCUT2D eigenvalue weighted by Gasteiger charge is -2.33. The fourth-order valence-electron chi connectivity index (χ4n) is 4.21. The van der Waals surface area contributed by atoms with E-state index in [1.165, 1.54) is 6.42 Å². The highest BCUT2D eigenvalue weighted by Crippen LogP contribution is 2.29. The van der Waals surface area contributed by atoms with Gasteiger partial charge >= 0.3 is 0 Å². The number of nitrogens with one attached hydrogen (secondary N) is 1. The van der Waals surface area contributed by atoms with Crippen molar-refractivity contribution in [1.82, 2.24) is 14.9 Å². The number of anilines is 2. The highest BCUT2D eigenvalue weighted by Gasteiger charge is 2.28. The topological polar surface area (TPSA) is 78.4 Å². The van der Waals surface area contributed by atoms with Crippen LogP contribution in [0.15, 0.2) is 30.6 Å². The Bertz CT molecular complexity index is 943. The third kappa shape index (κ3) is 5.15. The van der Waals surface area contributed by atoms with E-state index in [9.17, 15) is 9.59 Å². The second-order valence-electron chi connectivity index (χ2n) is 8.38. The molecule has 2 saturated heterocycles. The standard InChI is InChI=1S/C23H28ClN5O2/c1-16-7-8-20(25-13-16)27-22(30)17-6-5-11-29(15-17)21-19(24)12-18(14-26-21)23(31)28-9-3-2-4-10-28/h7-8,12-14,17H,2-6,9-11,15H2,1H3,(H,25,27,30). The number of rotatable bonds is 4. The Hall–Kier alpha value is -2.67. The summed E-state index contributed by atoms with van der Waals surface area (Å²) in [6.45, 7) is 4.84. The summed E-state index contributed by atoms with van der Waals surface area (Å²) in [7, 11) is 0. The predicted octanol–water partition coefficient (Wildman–Crippen LogP) is 3.92. The van der Waals surface area contributed by atoms with Gasteiger partial charge in [0.05, 0.1) is 16.5 Å². The molecule has 2 amide bonds. The second kappa shape index (κ2) is 9.64. The van der Waals surface area contributed by atoms with Gasteiger partial charge in [-0.3, -0.25) is 9.59 Å². The molecule has 0 bridgehead atoms. The van der Waals surface area contributed by atoms with E-state index in [1.807, 2.05) is 28.9 Å². The zero-order chi connectivity index (χ0) is 21.8. The molecule has 1 unspecified atom stereocenters. The summed E-state index contributed by atoms with van der Waals surface area (Å²) in [6.07, 6.45) is 8.27. The van der Waals surface area contributed by atoms with Crippen LogP contribution in [0, 0.1) is 12.8 Å². The van der Waals surface area contributed by atoms with Crippen LogP contribution in [0.2, 0.25) is 5.02 Å². The van der Waals surface area contributed by atoms with Gasteiger partial charge < -0.3 is 15.1 Å². The minimum Gasteiger partial charge on any atom is -0.355 e. The van der Waals surface area contributed by atoms with Crippen molar-refractivity contribution in [3.8, 4) is 0 Å². The summed E-state index contributed by atoms with van der Waals surface area (Å²) >= 11 is 6.53. The molecule has 0 saturated carbocycles. The fourth-order valence-corrected chi connectivity index (χ4v) is 4.50. The minimum atomic E-state index is -0.177. The Morgan fingerprint density at radius 2 is 1.87 bits per heavy atom. The SMILES string of the molecule is Cc1ccc(NC(=O)C2CCCN(c3ncc(C(=O)N4CCCCC4)cc3Cl)C2)nc1. The van der Waals surface area contributed by atoms with Gasteiger partial charge in [-0.2, -0.15) is 0 Å². The zero-order valence-electron chi connectivity index (χ0n) is 17.8. The highest BCUT2D eigenvalue weighted by atomic mass is 35.5. The van der Waals surface area contributed by atoms with Gasteiger partial charge in [0.25, 0.3) is 5.91 Å². The lowest BCUT2D eigenvalue weighted by Crippen LogP contribution is -2.41. The van der Waals surface area contributed by atoms with E-state index in [1.54, 1.807) is 18.5 Å². The van der Waals surface area contributed by atoms with Crippen LogP contribution in [0.4, 0.5) is 11.6 Å². The van der Waals surface area contributed by atoms with E-state index in [0.717, 1.165) is 50.9 Å². The molecular weight excluding hydrogens is 414 g/mol. The van der Waals surface area contributed by atoms with Gasteiger partial charge in [0.15, 0.2) is 0 Å². The Morgan fingerprint density at radius 1 is 1.06 bits per heavy atom. The van der Waals surface area contributed by atoms with E-state index in [0.29, 0.717) is 28.8 Å². The normalized spacial score (nSPS) is 19.2. The van der Waals surface area contributed by atoms with Crippen molar-refractivity contribution in [3.63, 3.8) is 0 Å². The van der Waals surface area contributed by atoms with Crippen LogP contribution in [0.1, 0.15) is 48.0 Å². The minimum absolute atomic E-state index is 0.0119. The maximum absolute atomic E-state index is 12.8. The van der Waals surface area contributed by atoms with Gasteiger partial charge in [-0.15, -0.1) is 0 Å². The smallest absolute Gasteiger partial charge is 0.255 e. The predicted molar refractivity (Wildman–Crippen MR) is 122 cm³/mol. The average molecular weight is 442 g/mol. The Morgan fingerprint density at radius 3 is 2.58 bits per heavy atom. The van der Waals surface area contributed by atoms with Gasteiger partial charge in [-0.25, -0.2) is 9.97 Å². The number of halogens is 1. The number of likely N-dealkylation sites (tertiary alicyclic amines) is 1. The van der Waals surface area contributed by atoms with E-state index < -0.39 is 0 Å². The Labute approximate surface area is 187 Å². The quantitative estimate of drug-likeness (QED) is 0.777. The van der Waals surface area contributed by atoms with Gasteiger partial charge in [0.1, 0.15) is 11.6 Å². The number of hydrogen-bond acceptors (Lipinski definition) is 5. The molecule has 0 radical (unpaired) electrons. The van der Waals surface area contributed by atoms with Crippen LogP contribution in [0.5, 0.6) is 0 Å². The first kappa shape index (κ1) is 21.6. The molecule has 164 valence electrons. The molecule has 4 rings (SSSR count). The van der Waals surface area contributed by atoms with Crippen LogP contribution in [-0.2, 0) is 4.79 Å². The Kier molecular flexibility index (Phi) is 6.70. The number of amides is 2. The molecule has 0 spiro atoms. The molecule has 31 heavy (non-hydrogen) atoms. The van der Waals surface area contributed by atoms with Crippen LogP contribution < -0.4 is 10.2 Å². The van der Waals surface area contributed by atoms with Gasteiger partial charge in [0, 0.05) is 38.6 Å². The maximum Gasteiger partial charge on any atom is 0.255 e. The van der Waals surface area contributed by atoms with Crippen molar-refractivity contribution < 1.29 is 9.59 Å². The number of pyridine rings is 2. The molecular formula is C23H28ClN5O2. The molecule has 7 nitrogen and oxygen atoms in total. The molecule has 2 aromatic rings. The first-order valence-corrected chi connectivity index (χ1v) is 11.3. The van der Waals surface area contributed by atoms with Crippen molar-refractivity contribution in [2.75, 3.05) is 36.4 Å². The molecule has 1 N–H and O–H groups in total. The summed E-state index contributed by atoms with van der Waals surface area (Å²) < 4.78 is 0. The first-order valence-electron chi connectivity index (χ1n) is 10.9. The van der Waals surface area contributed by atoms with Crippen LogP contribution in [-0.4, -0.2) is 52.9 Å². The van der Waals surface area contributed by atoms with E-state index in [2.05, 4.69) is 15.3 Å². The molecule has 2 fully saturated rings. The number of nitrogens with zero attached hydrogens (tertiary/aromatic N) is 4. The van der Waals surface area contributed by atoms with Gasteiger partial charge in [-0.1, -0.05) is 17.7 Å². The fraction of sp³-hybridized carbons (Fsp3) is 0.478. The number of aryl methyl sites for hydroxylation is 1. The Balaban J connectivity index is 1.42. The number of carbonyl (C=O) groups is 2. The van der Waals surface area contributed by atoms with E-state index >= 15 is 0 Å². The molecule has 0 aliphatic carbocycles. The van der Waals surface area contributed by atoms with Crippen molar-refractivity contribution in [2.45, 2.75) is 39.0 Å². The highest BCUT2D eigenvalue weighted by molar-refractivity contribution is 6.33. The third-order valence-corrected chi connectivity index (χ3v) is 6.24. The second-order valence-corrected chi connectivity index (χ2v) is 8.78. The summed E-state index contributed by atoms with van der Waals surface area (Å²) in [5.74, 6) is 0.952. The number of hydrogen-bond donors (Lipinski definition) is 1. The molecule has 0 aromatic carbocycles. The molecule has 2 aliphatic rings. The maximum atomic E-state index is 12.8. The molecule has 4 heterocycles. The largest absolute Gasteiger partial charge is 0.355 e. The monoisotopic (exact) mass is 441 g/mol. The average Bonchev–Trinajstić information content (AvgIpc) is 2.80. The molecule has 2 aromatic heterocycles. The summed E-state index contributed by atoms with van der Waals surface area (Å²) in [6, 6.07) is 5.44. The number of piperidine rings is 2. The zero-order valence-corrected chi connectivity index (χ0v) is 18.6. The summed E-state index contributed by atoms with van der Waals surface area (Å²) in [5.41, 5.74) is 1.57. The molecule has 1 atom stereocenters. The van der Waals surface area contributed by atoms with E-state index in [4.69, 9.17) is 11.6 Å². The number of carbonyl (C=O) groups excluding carboxylic acids is 2. The van der Waals surface area contributed by atoms with Crippen molar-refractivity contribution in [3.05, 3.63) is 46.7 Å². The van der Waals surface area contributed by atoms with Gasteiger partial charge in [0.2, 0.25) is 5.91 Å². The summed E-state index contributed by atoms with van der Waals surface area (Å²) in [5, 5.41) is 3.35. The lowest BCUT2D eigenvalue weighted by molar-refractivity contribution is -0.120. The molecule has 8 heteroatoms. The van der Waals surface area contributed by atoms with Gasteiger partial charge in [-0.05, 0) is 56.7 Å². The van der Waals surface area contributed by atoms with E-state index in [-0.39, 0.29) is 17.7 Å². The van der Waals surface area contributed by atoms with Crippen molar-refractivity contribution in [2.24, 2.45) is 5.92 Å². The summed E-state index contributed by atoms with van der Waals surface area (Å²) in [4.78, 5) is 38.2. The van der Waals surface area contributed by atoms with Crippen LogP contribution in [0.25, 0.3) is 0 Å². The lowest BCUT2D eigenvalue weighted by atomic mass is 9.97. The third-order valence-electron chi connectivity index (χ3n) is 5.97.